The van der Waals surface area contributed by atoms with E-state index in [2.05, 4.69) is 32.7 Å². The first kappa shape index (κ1) is 16.0. The number of hydrogen-bond acceptors (Lipinski definition) is 1. The summed E-state index contributed by atoms with van der Waals surface area (Å²) in [5, 5.41) is 0. The number of unbranched alkanes of at least 4 members (excludes halogenated alkanes) is 3. The second kappa shape index (κ2) is 8.19. The Labute approximate surface area is 115 Å². The molecule has 0 spiro atoms. The van der Waals surface area contributed by atoms with Crippen LogP contribution >= 0.6 is 0 Å². The largest absolute Gasteiger partial charge is 0.298 e. The summed E-state index contributed by atoms with van der Waals surface area (Å²) < 4.78 is 0. The van der Waals surface area contributed by atoms with Gasteiger partial charge >= 0.3 is 0 Å². The van der Waals surface area contributed by atoms with Crippen LogP contribution in [0.4, 0.5) is 0 Å². The van der Waals surface area contributed by atoms with Crippen molar-refractivity contribution in [1.29, 1.82) is 0 Å². The van der Waals surface area contributed by atoms with Crippen LogP contribution in [0, 0.1) is 0 Å². The average molecular weight is 253 g/mol. The lowest BCUT2D eigenvalue weighted by molar-refractivity contribution is 0.0684. The van der Waals surface area contributed by atoms with Crippen molar-refractivity contribution >= 4 is 0 Å². The minimum Gasteiger partial charge on any atom is -0.298 e. The van der Waals surface area contributed by atoms with Crippen LogP contribution in [-0.4, -0.2) is 23.5 Å². The van der Waals surface area contributed by atoms with Crippen molar-refractivity contribution in [1.82, 2.24) is 4.90 Å². The van der Waals surface area contributed by atoms with E-state index >= 15 is 0 Å². The van der Waals surface area contributed by atoms with Crippen LogP contribution in [0.5, 0.6) is 0 Å². The quantitative estimate of drug-likeness (QED) is 0.498. The van der Waals surface area contributed by atoms with E-state index in [1.807, 2.05) is 0 Å². The van der Waals surface area contributed by atoms with E-state index in [4.69, 9.17) is 0 Å². The SMILES string of the molecule is CCCCCCC(C)(CCC)N(C)C1CCCC1. The molecule has 0 radical (unpaired) electrons. The van der Waals surface area contributed by atoms with Crippen LogP contribution in [0.3, 0.4) is 0 Å². The van der Waals surface area contributed by atoms with Gasteiger partial charge in [0.05, 0.1) is 0 Å². The molecule has 18 heavy (non-hydrogen) atoms. The molecule has 1 aliphatic carbocycles. The summed E-state index contributed by atoms with van der Waals surface area (Å²) in [6.07, 6.45) is 15.5. The van der Waals surface area contributed by atoms with Gasteiger partial charge in [0.15, 0.2) is 0 Å². The lowest BCUT2D eigenvalue weighted by Crippen LogP contribution is -2.48. The Kier molecular flexibility index (Phi) is 7.29. The van der Waals surface area contributed by atoms with E-state index in [1.54, 1.807) is 0 Å². The third-order valence-corrected chi connectivity index (χ3v) is 5.08. The summed E-state index contributed by atoms with van der Waals surface area (Å²) in [7, 11) is 2.39. The predicted molar refractivity (Wildman–Crippen MR) is 82.1 cm³/mol. The molecule has 0 aliphatic heterocycles. The zero-order valence-corrected chi connectivity index (χ0v) is 13.3. The van der Waals surface area contributed by atoms with Crippen molar-refractivity contribution < 1.29 is 0 Å². The van der Waals surface area contributed by atoms with Crippen molar-refractivity contribution in [3.8, 4) is 0 Å². The molecule has 1 saturated carbocycles. The molecule has 0 N–H and O–H groups in total. The summed E-state index contributed by atoms with van der Waals surface area (Å²) >= 11 is 0. The summed E-state index contributed by atoms with van der Waals surface area (Å²) in [6.45, 7) is 7.16. The number of rotatable bonds is 9. The summed E-state index contributed by atoms with van der Waals surface area (Å²) in [4.78, 5) is 2.75. The number of hydrogen-bond donors (Lipinski definition) is 0. The molecule has 0 aromatic heterocycles. The van der Waals surface area contributed by atoms with Gasteiger partial charge in [0, 0.05) is 11.6 Å². The first-order valence-corrected chi connectivity index (χ1v) is 8.37. The fourth-order valence-electron chi connectivity index (χ4n) is 3.68. The van der Waals surface area contributed by atoms with E-state index in [0.717, 1.165) is 6.04 Å². The molecule has 1 fully saturated rings. The molecule has 1 unspecified atom stereocenters. The smallest absolute Gasteiger partial charge is 0.0181 e. The highest BCUT2D eigenvalue weighted by atomic mass is 15.2. The lowest BCUT2D eigenvalue weighted by atomic mass is 9.86. The van der Waals surface area contributed by atoms with Crippen molar-refractivity contribution in [2.45, 2.75) is 103 Å². The zero-order valence-electron chi connectivity index (χ0n) is 13.3. The van der Waals surface area contributed by atoms with Crippen LogP contribution in [0.15, 0.2) is 0 Å². The van der Waals surface area contributed by atoms with Gasteiger partial charge in [-0.05, 0) is 39.7 Å². The summed E-state index contributed by atoms with van der Waals surface area (Å²) in [5.41, 5.74) is 0.456. The van der Waals surface area contributed by atoms with E-state index in [1.165, 1.54) is 70.6 Å². The second-order valence-electron chi connectivity index (χ2n) is 6.61. The highest BCUT2D eigenvalue weighted by Crippen LogP contribution is 2.33. The van der Waals surface area contributed by atoms with Gasteiger partial charge in [-0.3, -0.25) is 4.90 Å². The van der Waals surface area contributed by atoms with Gasteiger partial charge in [-0.25, -0.2) is 0 Å². The van der Waals surface area contributed by atoms with E-state index in [0.29, 0.717) is 5.54 Å². The molecular weight excluding hydrogens is 218 g/mol. The van der Waals surface area contributed by atoms with Crippen molar-refractivity contribution in [3.05, 3.63) is 0 Å². The molecule has 1 nitrogen and oxygen atoms in total. The minimum atomic E-state index is 0.456. The monoisotopic (exact) mass is 253 g/mol. The maximum atomic E-state index is 2.75. The van der Waals surface area contributed by atoms with Crippen LogP contribution in [-0.2, 0) is 0 Å². The molecule has 0 aromatic rings. The Morgan fingerprint density at radius 3 is 2.17 bits per heavy atom. The third-order valence-electron chi connectivity index (χ3n) is 5.08. The molecule has 0 saturated heterocycles. The third kappa shape index (κ3) is 4.57. The lowest BCUT2D eigenvalue weighted by Gasteiger charge is -2.43. The predicted octanol–water partition coefficient (Wildman–Crippen LogP) is 5.39. The molecule has 0 heterocycles. The first-order valence-electron chi connectivity index (χ1n) is 8.37. The maximum absolute atomic E-state index is 2.75. The van der Waals surface area contributed by atoms with E-state index in [-0.39, 0.29) is 0 Å². The molecular formula is C17H35N. The molecule has 1 aliphatic rings. The highest BCUT2D eigenvalue weighted by molar-refractivity contribution is 4.89. The summed E-state index contributed by atoms with van der Waals surface area (Å²) in [6, 6.07) is 0.868. The Balaban J connectivity index is 2.48. The standard InChI is InChI=1S/C17H35N/c1-5-7-8-11-15-17(3,14-6-2)18(4)16-12-9-10-13-16/h16H,5-15H2,1-4H3. The molecule has 1 heteroatoms. The van der Waals surface area contributed by atoms with Gasteiger partial charge in [0.25, 0.3) is 0 Å². The van der Waals surface area contributed by atoms with Crippen LogP contribution < -0.4 is 0 Å². The first-order chi connectivity index (χ1) is 8.64. The van der Waals surface area contributed by atoms with E-state index < -0.39 is 0 Å². The van der Waals surface area contributed by atoms with Crippen LogP contribution in [0.25, 0.3) is 0 Å². The number of nitrogens with zero attached hydrogens (tertiary/aromatic N) is 1. The van der Waals surface area contributed by atoms with Gasteiger partial charge in [0.1, 0.15) is 0 Å². The normalized spacial score (nSPS) is 20.5. The minimum absolute atomic E-state index is 0.456. The fraction of sp³-hybridized carbons (Fsp3) is 1.00. The summed E-state index contributed by atoms with van der Waals surface area (Å²) in [5.74, 6) is 0. The maximum Gasteiger partial charge on any atom is 0.0181 e. The van der Waals surface area contributed by atoms with Crippen molar-refractivity contribution in [2.75, 3.05) is 7.05 Å². The highest BCUT2D eigenvalue weighted by Gasteiger charge is 2.33. The molecule has 1 atom stereocenters. The van der Waals surface area contributed by atoms with Crippen LogP contribution in [0.1, 0.15) is 91.4 Å². The van der Waals surface area contributed by atoms with Crippen molar-refractivity contribution in [3.63, 3.8) is 0 Å². The van der Waals surface area contributed by atoms with Gasteiger partial charge in [0.2, 0.25) is 0 Å². The topological polar surface area (TPSA) is 3.24 Å². The molecule has 108 valence electrons. The second-order valence-corrected chi connectivity index (χ2v) is 6.61. The zero-order chi connectivity index (χ0) is 13.4. The Bertz CT molecular complexity index is 208. The fourth-order valence-corrected chi connectivity index (χ4v) is 3.68. The van der Waals surface area contributed by atoms with Crippen molar-refractivity contribution in [2.24, 2.45) is 0 Å². The Morgan fingerprint density at radius 1 is 0.944 bits per heavy atom. The van der Waals surface area contributed by atoms with Gasteiger partial charge in [-0.15, -0.1) is 0 Å². The Hall–Kier alpha value is -0.0400. The van der Waals surface area contributed by atoms with Crippen LogP contribution in [0.2, 0.25) is 0 Å². The molecule has 0 amide bonds. The molecule has 1 rings (SSSR count). The van der Waals surface area contributed by atoms with Gasteiger partial charge in [-0.2, -0.15) is 0 Å². The van der Waals surface area contributed by atoms with Gasteiger partial charge < -0.3 is 0 Å². The molecule has 0 aromatic carbocycles. The average Bonchev–Trinajstić information content (AvgIpc) is 2.88. The molecule has 0 bridgehead atoms. The van der Waals surface area contributed by atoms with E-state index in [9.17, 15) is 0 Å². The van der Waals surface area contributed by atoms with Gasteiger partial charge in [-0.1, -0.05) is 58.8 Å². The Morgan fingerprint density at radius 2 is 1.61 bits per heavy atom.